The molecule has 9 heteroatoms. The number of nitrogens with zero attached hydrogens (tertiary/aromatic N) is 1. The Balaban J connectivity index is 2.59. The predicted octanol–water partition coefficient (Wildman–Crippen LogP) is 3.64. The molecule has 2 N–H and O–H groups in total. The van der Waals surface area contributed by atoms with Crippen LogP contribution in [0, 0.1) is 6.92 Å². The van der Waals surface area contributed by atoms with Crippen molar-refractivity contribution in [1.82, 2.24) is 0 Å². The summed E-state index contributed by atoms with van der Waals surface area (Å²) < 4.78 is 26.7. The van der Waals surface area contributed by atoms with Gasteiger partial charge < -0.3 is 5.73 Å². The quantitative estimate of drug-likeness (QED) is 0.821. The summed E-state index contributed by atoms with van der Waals surface area (Å²) in [4.78, 5) is 11.3. The van der Waals surface area contributed by atoms with Crippen molar-refractivity contribution in [3.63, 3.8) is 0 Å². The van der Waals surface area contributed by atoms with Gasteiger partial charge in [-0.1, -0.05) is 34.8 Å². The van der Waals surface area contributed by atoms with Gasteiger partial charge in [0.1, 0.15) is 6.54 Å². The summed E-state index contributed by atoms with van der Waals surface area (Å²) in [7, 11) is -4.07. The molecule has 0 bridgehead atoms. The largest absolute Gasteiger partial charge is 0.368 e. The maximum atomic E-state index is 12.9. The number of hydrogen-bond donors (Lipinski definition) is 1. The lowest BCUT2D eigenvalue weighted by Gasteiger charge is -2.24. The molecule has 2 aromatic carbocycles. The van der Waals surface area contributed by atoms with E-state index in [9.17, 15) is 13.2 Å². The average molecular weight is 408 g/mol. The van der Waals surface area contributed by atoms with Gasteiger partial charge in [-0.2, -0.15) is 0 Å². The lowest BCUT2D eigenvalue weighted by atomic mass is 10.2. The molecule has 128 valence electrons. The van der Waals surface area contributed by atoms with Crippen LogP contribution in [0.1, 0.15) is 5.56 Å². The van der Waals surface area contributed by atoms with Crippen molar-refractivity contribution in [3.8, 4) is 0 Å². The number of nitrogens with two attached hydrogens (primary N) is 1. The highest BCUT2D eigenvalue weighted by atomic mass is 35.5. The smallest absolute Gasteiger partial charge is 0.264 e. The van der Waals surface area contributed by atoms with Crippen LogP contribution in [0.5, 0.6) is 0 Å². The van der Waals surface area contributed by atoms with E-state index in [1.807, 2.05) is 0 Å². The standard InChI is InChI=1S/C15H13Cl3N2O3S/c1-9-6-10(2-4-12(9)16)20(8-15(19)21)24(22,23)11-3-5-13(17)14(18)7-11/h2-7H,8H2,1H3,(H2,19,21). The van der Waals surface area contributed by atoms with Gasteiger partial charge in [-0.15, -0.1) is 0 Å². The first-order valence-corrected chi connectivity index (χ1v) is 9.22. The van der Waals surface area contributed by atoms with Crippen LogP contribution in [-0.4, -0.2) is 20.9 Å². The second-order valence-electron chi connectivity index (χ2n) is 4.99. The fraction of sp³-hybridized carbons (Fsp3) is 0.133. The maximum absolute atomic E-state index is 12.9. The highest BCUT2D eigenvalue weighted by Crippen LogP contribution is 2.30. The Morgan fingerprint density at radius 2 is 1.67 bits per heavy atom. The third-order valence-electron chi connectivity index (χ3n) is 3.21. The maximum Gasteiger partial charge on any atom is 0.264 e. The van der Waals surface area contributed by atoms with E-state index >= 15 is 0 Å². The minimum absolute atomic E-state index is 0.0871. The van der Waals surface area contributed by atoms with Crippen LogP contribution in [0.3, 0.4) is 0 Å². The molecule has 0 spiro atoms. The Kier molecular flexibility index (Phi) is 5.65. The molecule has 0 saturated heterocycles. The molecule has 0 aromatic heterocycles. The van der Waals surface area contributed by atoms with Gasteiger partial charge in [-0.25, -0.2) is 8.42 Å². The van der Waals surface area contributed by atoms with E-state index in [-0.39, 0.29) is 20.6 Å². The zero-order valence-electron chi connectivity index (χ0n) is 12.5. The zero-order valence-corrected chi connectivity index (χ0v) is 15.5. The number of carbonyl (C=O) groups excluding carboxylic acids is 1. The number of hydrogen-bond acceptors (Lipinski definition) is 3. The Labute approximate surface area is 155 Å². The van der Waals surface area contributed by atoms with E-state index in [2.05, 4.69) is 0 Å². The normalized spacial score (nSPS) is 11.3. The number of sulfonamides is 1. The fourth-order valence-electron chi connectivity index (χ4n) is 2.01. The van der Waals surface area contributed by atoms with Crippen LogP contribution >= 0.6 is 34.8 Å². The van der Waals surface area contributed by atoms with Crippen LogP contribution in [0.4, 0.5) is 5.69 Å². The number of amides is 1. The van der Waals surface area contributed by atoms with E-state index in [1.165, 1.54) is 24.3 Å². The molecule has 0 unspecified atom stereocenters. The topological polar surface area (TPSA) is 80.5 Å². The molecule has 1 amide bonds. The van der Waals surface area contributed by atoms with E-state index in [0.29, 0.717) is 10.6 Å². The number of benzene rings is 2. The van der Waals surface area contributed by atoms with Crippen LogP contribution in [0.25, 0.3) is 0 Å². The summed E-state index contributed by atoms with van der Waals surface area (Å²) in [5, 5.41) is 0.785. The van der Waals surface area contributed by atoms with Crippen molar-refractivity contribution in [2.24, 2.45) is 5.73 Å². The van der Waals surface area contributed by atoms with E-state index < -0.39 is 22.5 Å². The Hall–Kier alpha value is -1.47. The third kappa shape index (κ3) is 3.95. The van der Waals surface area contributed by atoms with Gasteiger partial charge in [0.25, 0.3) is 10.0 Å². The van der Waals surface area contributed by atoms with Gasteiger partial charge in [-0.3, -0.25) is 9.10 Å². The Bertz CT molecular complexity index is 901. The van der Waals surface area contributed by atoms with Gasteiger partial charge in [0.05, 0.1) is 20.6 Å². The molecule has 0 fully saturated rings. The van der Waals surface area contributed by atoms with Crippen molar-refractivity contribution in [2.45, 2.75) is 11.8 Å². The molecular formula is C15H13Cl3N2O3S. The molecule has 0 aliphatic rings. The van der Waals surface area contributed by atoms with Gasteiger partial charge >= 0.3 is 0 Å². The molecule has 0 radical (unpaired) electrons. The van der Waals surface area contributed by atoms with Gasteiger partial charge in [-0.05, 0) is 48.9 Å². The number of aryl methyl sites for hydroxylation is 1. The van der Waals surface area contributed by atoms with Gasteiger partial charge in [0.2, 0.25) is 5.91 Å². The number of rotatable bonds is 5. The summed E-state index contributed by atoms with van der Waals surface area (Å²) in [6.07, 6.45) is 0. The number of halogens is 3. The number of primary amides is 1. The molecule has 0 heterocycles. The van der Waals surface area contributed by atoms with Crippen molar-refractivity contribution in [1.29, 1.82) is 0 Å². The first-order chi connectivity index (χ1) is 11.1. The van der Waals surface area contributed by atoms with E-state index in [4.69, 9.17) is 40.5 Å². The number of carbonyl (C=O) groups is 1. The van der Waals surface area contributed by atoms with Crippen LogP contribution in [-0.2, 0) is 14.8 Å². The molecule has 24 heavy (non-hydrogen) atoms. The van der Waals surface area contributed by atoms with Crippen LogP contribution < -0.4 is 10.0 Å². The van der Waals surface area contributed by atoms with Crippen molar-refractivity contribution in [2.75, 3.05) is 10.8 Å². The first-order valence-electron chi connectivity index (χ1n) is 6.65. The second-order valence-corrected chi connectivity index (χ2v) is 8.07. The summed E-state index contributed by atoms with van der Waals surface area (Å²) in [6.45, 7) is 1.20. The fourth-order valence-corrected chi connectivity index (χ4v) is 3.94. The summed E-state index contributed by atoms with van der Waals surface area (Å²) in [5.41, 5.74) is 6.13. The molecule has 0 aliphatic heterocycles. The molecule has 2 rings (SSSR count). The predicted molar refractivity (Wildman–Crippen MR) is 96.4 cm³/mol. The molecule has 2 aromatic rings. The SMILES string of the molecule is Cc1cc(N(CC(N)=O)S(=O)(=O)c2ccc(Cl)c(Cl)c2)ccc1Cl. The lowest BCUT2D eigenvalue weighted by molar-refractivity contribution is -0.116. The third-order valence-corrected chi connectivity index (χ3v) is 6.14. The second kappa shape index (κ2) is 7.19. The Morgan fingerprint density at radius 3 is 2.21 bits per heavy atom. The number of anilines is 1. The zero-order chi connectivity index (χ0) is 18.1. The minimum Gasteiger partial charge on any atom is -0.368 e. The molecule has 5 nitrogen and oxygen atoms in total. The van der Waals surface area contributed by atoms with E-state index in [0.717, 1.165) is 4.31 Å². The van der Waals surface area contributed by atoms with Crippen LogP contribution in [0.15, 0.2) is 41.3 Å². The molecule has 0 saturated carbocycles. The minimum atomic E-state index is -4.07. The molecule has 0 aliphatic carbocycles. The average Bonchev–Trinajstić information content (AvgIpc) is 2.50. The van der Waals surface area contributed by atoms with E-state index in [1.54, 1.807) is 19.1 Å². The van der Waals surface area contributed by atoms with Crippen molar-refractivity contribution < 1.29 is 13.2 Å². The van der Waals surface area contributed by atoms with Crippen LogP contribution in [0.2, 0.25) is 15.1 Å². The van der Waals surface area contributed by atoms with Gasteiger partial charge in [0, 0.05) is 5.02 Å². The molecule has 0 atom stereocenters. The van der Waals surface area contributed by atoms with Crippen molar-refractivity contribution in [3.05, 3.63) is 57.0 Å². The van der Waals surface area contributed by atoms with Crippen molar-refractivity contribution >= 4 is 56.4 Å². The Morgan fingerprint density at radius 1 is 1.04 bits per heavy atom. The monoisotopic (exact) mass is 406 g/mol. The highest BCUT2D eigenvalue weighted by Gasteiger charge is 2.27. The highest BCUT2D eigenvalue weighted by molar-refractivity contribution is 7.92. The molecular weight excluding hydrogens is 395 g/mol. The summed E-state index contributed by atoms with van der Waals surface area (Å²) in [5.74, 6) is -0.800. The van der Waals surface area contributed by atoms with Gasteiger partial charge in [0.15, 0.2) is 0 Å². The first kappa shape index (κ1) is 18.9. The summed E-state index contributed by atoms with van der Waals surface area (Å²) in [6, 6.07) is 8.49. The summed E-state index contributed by atoms with van der Waals surface area (Å²) >= 11 is 17.7. The lowest BCUT2D eigenvalue weighted by Crippen LogP contribution is -2.38.